The molecule has 3 aromatic carbocycles. The number of thiazole rings is 1. The molecule has 1 aromatic heterocycles. The molecule has 44 heavy (non-hydrogen) atoms. The minimum absolute atomic E-state index is 0.266. The van der Waals surface area contributed by atoms with Gasteiger partial charge >= 0.3 is 4.87 Å². The third-order valence-electron chi connectivity index (χ3n) is 7.58. The number of nitrogens with zero attached hydrogens (tertiary/aromatic N) is 2. The Labute approximate surface area is 269 Å². The fraction of sp³-hybridized carbons (Fsp3) is 0.226. The number of ether oxygens (including phenoxy) is 3. The van der Waals surface area contributed by atoms with Gasteiger partial charge in [0, 0.05) is 21.0 Å². The molecule has 0 unspecified atom stereocenters. The standard InChI is InChI=1S/C31H26BrN3O7S2/c1-40-20-11-7-18(8-12-20)33-23(36)15-34-30-27(44-31(34)39)24(16-4-13-21(41-2)22(14-16)42-3)25-26(43-30)29(38)35(28(25)37)19-9-5-17(32)6-10-19/h4-14,24-26H,15H2,1-3H3,(H,33,36)/t24-,25-,26+/m0/s1. The van der Waals surface area contributed by atoms with Gasteiger partial charge in [-0.1, -0.05) is 45.1 Å². The highest BCUT2D eigenvalue weighted by atomic mass is 79.9. The number of anilines is 2. The van der Waals surface area contributed by atoms with Crippen molar-refractivity contribution in [3.8, 4) is 17.2 Å². The van der Waals surface area contributed by atoms with Gasteiger partial charge in [0.05, 0.1) is 38.0 Å². The molecule has 2 aliphatic rings. The molecule has 1 N–H and O–H groups in total. The first kappa shape index (κ1) is 30.0. The average Bonchev–Trinajstić information content (AvgIpc) is 3.47. The highest BCUT2D eigenvalue weighted by Gasteiger charge is 2.57. The molecule has 1 fully saturated rings. The van der Waals surface area contributed by atoms with Crippen molar-refractivity contribution in [1.29, 1.82) is 0 Å². The van der Waals surface area contributed by atoms with Crippen molar-refractivity contribution in [2.45, 2.75) is 22.7 Å². The van der Waals surface area contributed by atoms with Gasteiger partial charge in [0.1, 0.15) is 17.5 Å². The maximum Gasteiger partial charge on any atom is 0.308 e. The van der Waals surface area contributed by atoms with Crippen LogP contribution in [0.25, 0.3) is 0 Å². The summed E-state index contributed by atoms with van der Waals surface area (Å²) in [5, 5.41) is 2.48. The molecule has 4 aromatic rings. The number of methoxy groups -OCH3 is 3. The molecule has 226 valence electrons. The summed E-state index contributed by atoms with van der Waals surface area (Å²) in [6, 6.07) is 19.1. The number of rotatable bonds is 8. The molecular weight excluding hydrogens is 670 g/mol. The number of imide groups is 1. The third kappa shape index (κ3) is 5.29. The molecule has 0 aliphatic carbocycles. The van der Waals surface area contributed by atoms with Gasteiger partial charge in [0.25, 0.3) is 0 Å². The predicted octanol–water partition coefficient (Wildman–Crippen LogP) is 5.13. The zero-order valence-corrected chi connectivity index (χ0v) is 27.0. The number of halogens is 1. The number of hydrogen-bond donors (Lipinski definition) is 1. The molecule has 10 nitrogen and oxygen atoms in total. The second kappa shape index (κ2) is 12.1. The highest BCUT2D eigenvalue weighted by Crippen LogP contribution is 2.54. The Hall–Kier alpha value is -4.07. The first-order valence-corrected chi connectivity index (χ1v) is 15.9. The number of fused-ring (bicyclic) bond motifs is 2. The second-order valence-corrected chi connectivity index (χ2v) is 13.1. The van der Waals surface area contributed by atoms with Crippen LogP contribution < -0.4 is 29.3 Å². The Morgan fingerprint density at radius 1 is 0.886 bits per heavy atom. The summed E-state index contributed by atoms with van der Waals surface area (Å²) in [6.45, 7) is -0.266. The van der Waals surface area contributed by atoms with Crippen LogP contribution in [0.15, 0.2) is 81.0 Å². The summed E-state index contributed by atoms with van der Waals surface area (Å²) in [5.41, 5.74) is 1.70. The van der Waals surface area contributed by atoms with Gasteiger partial charge in [0.2, 0.25) is 17.7 Å². The number of amides is 3. The van der Waals surface area contributed by atoms with Crippen LogP contribution in [-0.2, 0) is 20.9 Å². The Bertz CT molecular complexity index is 1820. The molecule has 0 bridgehead atoms. The molecule has 3 amide bonds. The molecule has 3 heterocycles. The van der Waals surface area contributed by atoms with Gasteiger partial charge in [-0.2, -0.15) is 0 Å². The highest BCUT2D eigenvalue weighted by molar-refractivity contribution is 9.10. The predicted molar refractivity (Wildman–Crippen MR) is 171 cm³/mol. The summed E-state index contributed by atoms with van der Waals surface area (Å²) >= 11 is 5.54. The van der Waals surface area contributed by atoms with E-state index in [4.69, 9.17) is 14.2 Å². The van der Waals surface area contributed by atoms with Crippen molar-refractivity contribution in [1.82, 2.24) is 4.57 Å². The van der Waals surface area contributed by atoms with Crippen LogP contribution >= 0.6 is 39.0 Å². The van der Waals surface area contributed by atoms with Gasteiger partial charge in [-0.05, 0) is 66.2 Å². The fourth-order valence-corrected chi connectivity index (χ4v) is 8.56. The maximum atomic E-state index is 14.1. The van der Waals surface area contributed by atoms with Gasteiger partial charge in [-0.15, -0.1) is 0 Å². The Balaban J connectivity index is 1.41. The fourth-order valence-electron chi connectivity index (χ4n) is 5.52. The average molecular weight is 697 g/mol. The van der Waals surface area contributed by atoms with Crippen molar-refractivity contribution in [3.63, 3.8) is 0 Å². The lowest BCUT2D eigenvalue weighted by molar-refractivity contribution is -0.122. The van der Waals surface area contributed by atoms with Gasteiger partial charge in [0.15, 0.2) is 11.5 Å². The van der Waals surface area contributed by atoms with Crippen LogP contribution in [0, 0.1) is 5.92 Å². The molecular formula is C31H26BrN3O7S2. The monoisotopic (exact) mass is 695 g/mol. The van der Waals surface area contributed by atoms with E-state index in [-0.39, 0.29) is 23.2 Å². The lowest BCUT2D eigenvalue weighted by atomic mass is 9.83. The van der Waals surface area contributed by atoms with Gasteiger partial charge < -0.3 is 19.5 Å². The maximum absolute atomic E-state index is 14.1. The van der Waals surface area contributed by atoms with Crippen LogP contribution in [0.5, 0.6) is 17.2 Å². The number of hydrogen-bond acceptors (Lipinski definition) is 9. The Morgan fingerprint density at radius 3 is 2.25 bits per heavy atom. The first-order chi connectivity index (χ1) is 21.2. The third-order valence-corrected chi connectivity index (χ3v) is 10.7. The molecule has 3 atom stereocenters. The minimum atomic E-state index is -0.818. The van der Waals surface area contributed by atoms with E-state index in [1.54, 1.807) is 67.8 Å². The lowest BCUT2D eigenvalue weighted by Crippen LogP contribution is -2.33. The van der Waals surface area contributed by atoms with Crippen LogP contribution in [0.1, 0.15) is 16.4 Å². The molecule has 0 saturated carbocycles. The number of benzene rings is 3. The molecule has 0 radical (unpaired) electrons. The van der Waals surface area contributed by atoms with Crippen LogP contribution in [0.4, 0.5) is 11.4 Å². The Morgan fingerprint density at radius 2 is 1.59 bits per heavy atom. The van der Waals surface area contributed by atoms with Crippen molar-refractivity contribution in [3.05, 3.63) is 91.3 Å². The zero-order chi connectivity index (χ0) is 31.1. The summed E-state index contributed by atoms with van der Waals surface area (Å²) in [5.74, 6) is -0.975. The van der Waals surface area contributed by atoms with Crippen LogP contribution in [0.2, 0.25) is 0 Å². The van der Waals surface area contributed by atoms with E-state index in [1.165, 1.54) is 23.7 Å². The summed E-state index contributed by atoms with van der Waals surface area (Å²) in [4.78, 5) is 56.0. The zero-order valence-electron chi connectivity index (χ0n) is 23.7. The normalized spacial score (nSPS) is 18.9. The summed E-state index contributed by atoms with van der Waals surface area (Å²) in [7, 11) is 4.60. The minimum Gasteiger partial charge on any atom is -0.497 e. The van der Waals surface area contributed by atoms with E-state index < -0.39 is 23.0 Å². The van der Waals surface area contributed by atoms with Crippen molar-refractivity contribution in [2.75, 3.05) is 31.5 Å². The smallest absolute Gasteiger partial charge is 0.308 e. The number of thioether (sulfide) groups is 1. The number of nitrogens with one attached hydrogen (secondary N) is 1. The van der Waals surface area contributed by atoms with Crippen molar-refractivity contribution in [2.24, 2.45) is 5.92 Å². The SMILES string of the molecule is COc1ccc(NC(=O)Cn2c3c(sc2=O)[C@@H](c2ccc(OC)c(OC)c2)[C@@H]2C(=O)N(c4ccc(Br)cc4)C(=O)[C@@H]2S3)cc1. The van der Waals surface area contributed by atoms with E-state index >= 15 is 0 Å². The first-order valence-electron chi connectivity index (χ1n) is 13.4. The van der Waals surface area contributed by atoms with E-state index in [1.807, 2.05) is 6.07 Å². The van der Waals surface area contributed by atoms with E-state index in [0.717, 1.165) is 27.6 Å². The topological polar surface area (TPSA) is 116 Å². The molecule has 1 saturated heterocycles. The second-order valence-electron chi connectivity index (χ2n) is 10.0. The Kier molecular flexibility index (Phi) is 8.27. The summed E-state index contributed by atoms with van der Waals surface area (Å²) < 4.78 is 18.3. The largest absolute Gasteiger partial charge is 0.497 e. The van der Waals surface area contributed by atoms with E-state index in [0.29, 0.717) is 44.1 Å². The number of carbonyl (C=O) groups excluding carboxylic acids is 3. The molecule has 2 aliphatic heterocycles. The molecule has 6 rings (SSSR count). The number of carbonyl (C=O) groups is 3. The van der Waals surface area contributed by atoms with Gasteiger partial charge in [-0.3, -0.25) is 23.7 Å². The van der Waals surface area contributed by atoms with E-state index in [2.05, 4.69) is 21.2 Å². The van der Waals surface area contributed by atoms with Crippen molar-refractivity contribution < 1.29 is 28.6 Å². The van der Waals surface area contributed by atoms with E-state index in [9.17, 15) is 19.2 Å². The van der Waals surface area contributed by atoms with Crippen molar-refractivity contribution >= 4 is 68.1 Å². The lowest BCUT2D eigenvalue weighted by Gasteiger charge is -2.31. The number of aromatic nitrogens is 1. The van der Waals surface area contributed by atoms with Crippen LogP contribution in [0.3, 0.4) is 0 Å². The van der Waals surface area contributed by atoms with Gasteiger partial charge in [-0.25, -0.2) is 4.90 Å². The van der Waals surface area contributed by atoms with Crippen LogP contribution in [-0.4, -0.2) is 48.9 Å². The molecule has 13 heteroatoms. The molecule has 0 spiro atoms. The quantitative estimate of drug-likeness (QED) is 0.252. The summed E-state index contributed by atoms with van der Waals surface area (Å²) in [6.07, 6.45) is 0.